The molecule has 0 aliphatic heterocycles. The van der Waals surface area contributed by atoms with Crippen LogP contribution in [0.4, 0.5) is 13.2 Å². The molecule has 0 amide bonds. The van der Waals surface area contributed by atoms with Crippen LogP contribution in [0.2, 0.25) is 0 Å². The van der Waals surface area contributed by atoms with E-state index in [1.807, 2.05) is 6.92 Å². The topological polar surface area (TPSA) is 12.0 Å². The summed E-state index contributed by atoms with van der Waals surface area (Å²) in [6.45, 7) is 3.34. The van der Waals surface area contributed by atoms with Crippen molar-refractivity contribution in [1.29, 1.82) is 0 Å². The zero-order valence-electron chi connectivity index (χ0n) is 10.2. The number of benzene rings is 1. The van der Waals surface area contributed by atoms with Crippen molar-refractivity contribution in [2.45, 2.75) is 37.9 Å². The average molecular weight is 280 g/mol. The third-order valence-corrected chi connectivity index (χ3v) is 2.78. The first-order valence-corrected chi connectivity index (χ1v) is 6.34. The molecule has 1 rings (SSSR count). The highest BCUT2D eigenvalue weighted by Gasteiger charge is 2.29. The van der Waals surface area contributed by atoms with Gasteiger partial charge in [-0.15, -0.1) is 11.6 Å². The summed E-state index contributed by atoms with van der Waals surface area (Å²) in [7, 11) is 0. The van der Waals surface area contributed by atoms with Gasteiger partial charge in [-0.05, 0) is 44.0 Å². The standard InChI is InChI=1S/C13H17ClF3N/c1-10(14)3-2-8-18-9-11-4-6-12(7-5-11)13(15,16)17/h4-7,10,18H,2-3,8-9H2,1H3. The molecule has 0 bridgehead atoms. The van der Waals surface area contributed by atoms with Crippen LogP contribution in [0.25, 0.3) is 0 Å². The van der Waals surface area contributed by atoms with Crippen LogP contribution >= 0.6 is 11.6 Å². The monoisotopic (exact) mass is 279 g/mol. The maximum Gasteiger partial charge on any atom is 0.416 e. The molecule has 0 aromatic heterocycles. The van der Waals surface area contributed by atoms with Crippen LogP contribution in [-0.4, -0.2) is 11.9 Å². The van der Waals surface area contributed by atoms with Crippen molar-refractivity contribution >= 4 is 11.6 Å². The van der Waals surface area contributed by atoms with Crippen LogP contribution in [0.1, 0.15) is 30.9 Å². The van der Waals surface area contributed by atoms with E-state index < -0.39 is 11.7 Å². The molecular weight excluding hydrogens is 263 g/mol. The molecule has 18 heavy (non-hydrogen) atoms. The summed E-state index contributed by atoms with van der Waals surface area (Å²) in [6, 6.07) is 5.22. The molecule has 1 nitrogen and oxygen atoms in total. The first kappa shape index (κ1) is 15.3. The van der Waals surface area contributed by atoms with Crippen LogP contribution in [-0.2, 0) is 12.7 Å². The number of halogens is 4. The Labute approximate surface area is 110 Å². The van der Waals surface area contributed by atoms with Crippen molar-refractivity contribution in [2.75, 3.05) is 6.54 Å². The minimum Gasteiger partial charge on any atom is -0.313 e. The van der Waals surface area contributed by atoms with Crippen LogP contribution in [0, 0.1) is 0 Å². The van der Waals surface area contributed by atoms with E-state index in [4.69, 9.17) is 11.6 Å². The number of hydrogen-bond donors (Lipinski definition) is 1. The van der Waals surface area contributed by atoms with Gasteiger partial charge >= 0.3 is 6.18 Å². The maximum atomic E-state index is 12.3. The van der Waals surface area contributed by atoms with Gasteiger partial charge in [-0.3, -0.25) is 0 Å². The number of alkyl halides is 4. The minimum absolute atomic E-state index is 0.165. The first-order valence-electron chi connectivity index (χ1n) is 5.90. The predicted octanol–water partition coefficient (Wildman–Crippen LogP) is 4.20. The number of nitrogens with one attached hydrogen (secondary N) is 1. The van der Waals surface area contributed by atoms with E-state index in [2.05, 4.69) is 5.32 Å². The zero-order valence-corrected chi connectivity index (χ0v) is 11.0. The highest BCUT2D eigenvalue weighted by atomic mass is 35.5. The fraction of sp³-hybridized carbons (Fsp3) is 0.538. The van der Waals surface area contributed by atoms with Crippen molar-refractivity contribution in [2.24, 2.45) is 0 Å². The predicted molar refractivity (Wildman–Crippen MR) is 67.7 cm³/mol. The molecule has 1 N–H and O–H groups in total. The fourth-order valence-electron chi connectivity index (χ4n) is 1.55. The summed E-state index contributed by atoms with van der Waals surface area (Å²) in [5, 5.41) is 3.34. The van der Waals surface area contributed by atoms with Gasteiger partial charge in [0, 0.05) is 11.9 Å². The number of rotatable bonds is 6. The molecule has 0 saturated carbocycles. The molecule has 0 fully saturated rings. The lowest BCUT2D eigenvalue weighted by Gasteiger charge is -2.08. The summed E-state index contributed by atoms with van der Waals surface area (Å²) < 4.78 is 37.0. The molecule has 0 aliphatic rings. The zero-order chi connectivity index (χ0) is 13.6. The first-order chi connectivity index (χ1) is 8.39. The molecule has 0 saturated heterocycles. The van der Waals surface area contributed by atoms with Crippen molar-refractivity contribution in [3.05, 3.63) is 35.4 Å². The highest BCUT2D eigenvalue weighted by Crippen LogP contribution is 2.28. The van der Waals surface area contributed by atoms with Crippen molar-refractivity contribution < 1.29 is 13.2 Å². The smallest absolute Gasteiger partial charge is 0.313 e. The molecule has 0 spiro atoms. The Kier molecular flexibility index (Phi) is 5.96. The Balaban J connectivity index is 2.31. The van der Waals surface area contributed by atoms with E-state index in [1.54, 1.807) is 0 Å². The molecule has 0 aliphatic carbocycles. The second kappa shape index (κ2) is 7.00. The average Bonchev–Trinajstić information content (AvgIpc) is 2.27. The largest absolute Gasteiger partial charge is 0.416 e. The molecule has 1 aromatic rings. The summed E-state index contributed by atoms with van der Waals surface area (Å²) >= 11 is 5.80. The second-order valence-electron chi connectivity index (χ2n) is 4.29. The van der Waals surface area contributed by atoms with E-state index in [-0.39, 0.29) is 5.38 Å². The summed E-state index contributed by atoms with van der Waals surface area (Å²) in [4.78, 5) is 0. The van der Waals surface area contributed by atoms with Gasteiger partial charge in [-0.2, -0.15) is 13.2 Å². The third kappa shape index (κ3) is 5.74. The fourth-order valence-corrected chi connectivity index (χ4v) is 1.71. The van der Waals surface area contributed by atoms with E-state index in [0.717, 1.165) is 37.1 Å². The van der Waals surface area contributed by atoms with E-state index in [0.29, 0.717) is 6.54 Å². The second-order valence-corrected chi connectivity index (χ2v) is 5.04. The number of hydrogen-bond acceptors (Lipinski definition) is 1. The van der Waals surface area contributed by atoms with Gasteiger partial charge in [0.25, 0.3) is 0 Å². The van der Waals surface area contributed by atoms with Gasteiger partial charge in [-0.1, -0.05) is 12.1 Å². The van der Waals surface area contributed by atoms with E-state index in [9.17, 15) is 13.2 Å². The molecule has 1 unspecified atom stereocenters. The van der Waals surface area contributed by atoms with Crippen LogP contribution in [0.15, 0.2) is 24.3 Å². The lowest BCUT2D eigenvalue weighted by Crippen LogP contribution is -2.15. The Hall–Kier alpha value is -0.740. The van der Waals surface area contributed by atoms with Crippen molar-refractivity contribution in [1.82, 2.24) is 5.32 Å². The van der Waals surface area contributed by atoms with Crippen LogP contribution < -0.4 is 5.32 Å². The summed E-state index contributed by atoms with van der Waals surface area (Å²) in [5.41, 5.74) is 0.240. The molecule has 5 heteroatoms. The van der Waals surface area contributed by atoms with Gasteiger partial charge in [-0.25, -0.2) is 0 Å². The normalized spacial score (nSPS) is 13.6. The minimum atomic E-state index is -4.26. The molecule has 1 aromatic carbocycles. The van der Waals surface area contributed by atoms with Crippen molar-refractivity contribution in [3.63, 3.8) is 0 Å². The van der Waals surface area contributed by atoms with Crippen LogP contribution in [0.5, 0.6) is 0 Å². The van der Waals surface area contributed by atoms with Gasteiger partial charge in [0.2, 0.25) is 0 Å². The third-order valence-electron chi connectivity index (χ3n) is 2.57. The van der Waals surface area contributed by atoms with Gasteiger partial charge in [0.05, 0.1) is 5.56 Å². The van der Waals surface area contributed by atoms with Gasteiger partial charge in [0.15, 0.2) is 0 Å². The Morgan fingerprint density at radius 1 is 1.22 bits per heavy atom. The Morgan fingerprint density at radius 3 is 2.33 bits per heavy atom. The summed E-state index contributed by atoms with van der Waals surface area (Å²) in [6.07, 6.45) is -2.37. The molecule has 0 heterocycles. The van der Waals surface area contributed by atoms with Gasteiger partial charge in [0.1, 0.15) is 0 Å². The highest BCUT2D eigenvalue weighted by molar-refractivity contribution is 6.20. The Bertz CT molecular complexity index is 346. The SMILES string of the molecule is CC(Cl)CCCNCc1ccc(C(F)(F)F)cc1. The van der Waals surface area contributed by atoms with Crippen LogP contribution in [0.3, 0.4) is 0 Å². The molecule has 102 valence electrons. The lowest BCUT2D eigenvalue weighted by atomic mass is 10.1. The maximum absolute atomic E-state index is 12.3. The molecule has 1 atom stereocenters. The van der Waals surface area contributed by atoms with E-state index in [1.165, 1.54) is 12.1 Å². The molecular formula is C13H17ClF3N. The summed E-state index contributed by atoms with van der Waals surface area (Å²) in [5.74, 6) is 0. The van der Waals surface area contributed by atoms with E-state index >= 15 is 0 Å². The molecule has 0 radical (unpaired) electrons. The Morgan fingerprint density at radius 2 is 1.83 bits per heavy atom. The quantitative estimate of drug-likeness (QED) is 0.608. The van der Waals surface area contributed by atoms with Crippen molar-refractivity contribution in [3.8, 4) is 0 Å². The lowest BCUT2D eigenvalue weighted by molar-refractivity contribution is -0.137. The van der Waals surface area contributed by atoms with Gasteiger partial charge < -0.3 is 5.32 Å².